The van der Waals surface area contributed by atoms with Crippen LogP contribution in [-0.4, -0.2) is 11.2 Å². The molecule has 0 atom stereocenters. The fourth-order valence-electron chi connectivity index (χ4n) is 1.78. The quantitative estimate of drug-likeness (QED) is 0.476. The van der Waals surface area contributed by atoms with E-state index in [1.165, 1.54) is 0 Å². The number of ether oxygens (including phenoxy) is 1. The van der Waals surface area contributed by atoms with Crippen molar-refractivity contribution in [3.05, 3.63) is 49.6 Å². The number of nitrogens with zero attached hydrogens (tertiary/aromatic N) is 1. The van der Waals surface area contributed by atoms with Crippen LogP contribution in [0.1, 0.15) is 6.92 Å². The number of pyridine rings is 1. The molecular formula is C16H12Br2NO2Y-. The van der Waals surface area contributed by atoms with Gasteiger partial charge in [-0.2, -0.15) is 12.1 Å². The van der Waals surface area contributed by atoms with Gasteiger partial charge in [0, 0.05) is 39.8 Å². The maximum Gasteiger partial charge on any atom is 0.208 e. The minimum absolute atomic E-state index is 0. The zero-order valence-electron chi connectivity index (χ0n) is 12.1. The predicted octanol–water partition coefficient (Wildman–Crippen LogP) is 3.78. The zero-order valence-corrected chi connectivity index (χ0v) is 18.1. The average molecular weight is 499 g/mol. The first-order valence-corrected chi connectivity index (χ1v) is 7.72. The van der Waals surface area contributed by atoms with Gasteiger partial charge in [-0.1, -0.05) is 33.1 Å². The molecule has 1 aromatic carbocycles. The molecule has 3 nitrogen and oxygen atoms in total. The summed E-state index contributed by atoms with van der Waals surface area (Å²) in [4.78, 5) is 12.0. The number of halogens is 2. The van der Waals surface area contributed by atoms with Gasteiger partial charge in [0.15, 0.2) is 0 Å². The Labute approximate surface area is 171 Å². The van der Waals surface area contributed by atoms with Crippen LogP contribution in [0.3, 0.4) is 0 Å². The number of hydrogen-bond donors (Lipinski definition) is 0. The molecular weight excluding hydrogens is 487 g/mol. The fraction of sp³-hybridized carbons (Fsp3) is 0.188. The molecule has 0 fully saturated rings. The second-order valence-corrected chi connectivity index (χ2v) is 5.92. The number of hydrogen-bond acceptors (Lipinski definition) is 2. The monoisotopic (exact) mass is 497 g/mol. The summed E-state index contributed by atoms with van der Waals surface area (Å²) in [5.41, 5.74) is 1.47. The molecule has 1 radical (unpaired) electrons. The Morgan fingerprint density at radius 3 is 2.68 bits per heavy atom. The summed E-state index contributed by atoms with van der Waals surface area (Å²) < 4.78 is 8.37. The molecule has 0 amide bonds. The van der Waals surface area contributed by atoms with Crippen LogP contribution in [0.4, 0.5) is 0 Å². The van der Waals surface area contributed by atoms with Gasteiger partial charge < -0.3 is 9.30 Å². The van der Waals surface area contributed by atoms with Crippen molar-refractivity contribution in [3.63, 3.8) is 0 Å². The Bertz CT molecular complexity index is 791. The van der Waals surface area contributed by atoms with Crippen LogP contribution in [0.25, 0.3) is 11.3 Å². The first-order chi connectivity index (χ1) is 10.0. The Morgan fingerprint density at radius 1 is 1.32 bits per heavy atom. The largest absolute Gasteiger partial charge is 0.481 e. The Morgan fingerprint density at radius 2 is 2.05 bits per heavy atom. The van der Waals surface area contributed by atoms with Crippen molar-refractivity contribution >= 4 is 31.9 Å². The van der Waals surface area contributed by atoms with E-state index in [2.05, 4.69) is 49.8 Å². The third-order valence-electron chi connectivity index (χ3n) is 2.86. The van der Waals surface area contributed by atoms with E-state index >= 15 is 0 Å². The van der Waals surface area contributed by atoms with Gasteiger partial charge in [-0.25, -0.2) is 0 Å². The Hall–Kier alpha value is -0.406. The smallest absolute Gasteiger partial charge is 0.208 e. The van der Waals surface area contributed by atoms with Crippen LogP contribution in [-0.2, 0) is 39.8 Å². The van der Waals surface area contributed by atoms with E-state index in [9.17, 15) is 4.79 Å². The van der Waals surface area contributed by atoms with Crippen molar-refractivity contribution in [2.45, 2.75) is 6.92 Å². The van der Waals surface area contributed by atoms with Crippen molar-refractivity contribution in [2.75, 3.05) is 6.61 Å². The molecule has 1 aromatic heterocycles. The molecule has 0 bridgehead atoms. The van der Waals surface area contributed by atoms with Crippen LogP contribution in [0, 0.1) is 17.9 Å². The number of benzene rings is 1. The van der Waals surface area contributed by atoms with Crippen LogP contribution >= 0.6 is 31.9 Å². The molecule has 2 aromatic rings. The number of aromatic nitrogens is 1. The molecule has 6 heteroatoms. The van der Waals surface area contributed by atoms with Crippen molar-refractivity contribution in [1.29, 1.82) is 0 Å². The van der Waals surface area contributed by atoms with E-state index in [1.807, 2.05) is 18.2 Å². The molecule has 0 N–H and O–H groups in total. The third-order valence-corrected chi connectivity index (χ3v) is 4.09. The molecule has 0 aliphatic heterocycles. The minimum Gasteiger partial charge on any atom is -0.481 e. The van der Waals surface area contributed by atoms with E-state index in [0.717, 1.165) is 15.8 Å². The summed E-state index contributed by atoms with van der Waals surface area (Å²) in [7, 11) is 1.71. The molecule has 0 unspecified atom stereocenters. The van der Waals surface area contributed by atoms with Gasteiger partial charge in [0.25, 0.3) is 0 Å². The maximum atomic E-state index is 12.0. The number of rotatable bonds is 3. The van der Waals surface area contributed by atoms with Gasteiger partial charge in [-0.15, -0.1) is 27.9 Å². The SMILES string of the molecule is CC#CCOc1ccc(-c2[c-]cc(Br)c(=O)n2C)c(Br)c1.[Y]. The van der Waals surface area contributed by atoms with Crippen molar-refractivity contribution < 1.29 is 37.4 Å². The molecule has 111 valence electrons. The Balaban J connectivity index is 0.00000242. The topological polar surface area (TPSA) is 31.2 Å². The molecule has 0 saturated carbocycles. The van der Waals surface area contributed by atoms with E-state index in [-0.39, 0.29) is 38.3 Å². The standard InChI is InChI=1S/C16H12Br2NO2.Y/c1-3-4-9-21-11-5-6-12(14(18)10-11)15-8-7-13(17)16(20)19(15)2;/h5-7,10H,9H2,1-2H3;/q-1;. The second kappa shape index (κ2) is 9.03. The van der Waals surface area contributed by atoms with Gasteiger partial charge in [0.05, 0.1) is 0 Å². The molecule has 0 aliphatic carbocycles. The molecule has 0 spiro atoms. The summed E-state index contributed by atoms with van der Waals surface area (Å²) in [6, 6.07) is 10.3. The average Bonchev–Trinajstić information content (AvgIpc) is 2.46. The summed E-state index contributed by atoms with van der Waals surface area (Å²) in [5.74, 6) is 6.33. The van der Waals surface area contributed by atoms with Gasteiger partial charge in [-0.3, -0.25) is 4.79 Å². The molecule has 1 heterocycles. The van der Waals surface area contributed by atoms with Crippen molar-refractivity contribution in [1.82, 2.24) is 4.57 Å². The minimum atomic E-state index is -0.103. The van der Waals surface area contributed by atoms with Crippen LogP contribution in [0.15, 0.2) is 38.0 Å². The molecule has 2 rings (SSSR count). The maximum absolute atomic E-state index is 12.0. The van der Waals surface area contributed by atoms with Crippen molar-refractivity contribution in [3.8, 4) is 28.8 Å². The van der Waals surface area contributed by atoms with E-state index < -0.39 is 0 Å². The Kier molecular flexibility index (Phi) is 8.06. The first kappa shape index (κ1) is 19.6. The van der Waals surface area contributed by atoms with Crippen LogP contribution in [0.2, 0.25) is 0 Å². The molecule has 0 saturated heterocycles. The van der Waals surface area contributed by atoms with E-state index in [1.54, 1.807) is 24.6 Å². The molecule has 0 aliphatic rings. The van der Waals surface area contributed by atoms with Gasteiger partial charge >= 0.3 is 0 Å². The van der Waals surface area contributed by atoms with Gasteiger partial charge in [-0.05, 0) is 28.0 Å². The van der Waals surface area contributed by atoms with Crippen LogP contribution in [0.5, 0.6) is 5.75 Å². The van der Waals surface area contributed by atoms with Crippen LogP contribution < -0.4 is 10.3 Å². The summed E-state index contributed by atoms with van der Waals surface area (Å²) in [6.45, 7) is 2.12. The summed E-state index contributed by atoms with van der Waals surface area (Å²) in [6.07, 6.45) is 0. The zero-order chi connectivity index (χ0) is 15.4. The summed E-state index contributed by atoms with van der Waals surface area (Å²) in [5, 5.41) is 0. The van der Waals surface area contributed by atoms with E-state index in [4.69, 9.17) is 4.74 Å². The second-order valence-electron chi connectivity index (χ2n) is 4.21. The fourth-order valence-corrected chi connectivity index (χ4v) is 2.71. The normalized spacial score (nSPS) is 9.45. The van der Waals surface area contributed by atoms with Crippen molar-refractivity contribution in [2.24, 2.45) is 7.05 Å². The first-order valence-electron chi connectivity index (χ1n) is 6.14. The molecule has 22 heavy (non-hydrogen) atoms. The third kappa shape index (κ3) is 4.55. The van der Waals surface area contributed by atoms with E-state index in [0.29, 0.717) is 16.8 Å². The predicted molar refractivity (Wildman–Crippen MR) is 90.3 cm³/mol. The summed E-state index contributed by atoms with van der Waals surface area (Å²) >= 11 is 6.72. The van der Waals surface area contributed by atoms with Gasteiger partial charge in [0.2, 0.25) is 5.56 Å². The van der Waals surface area contributed by atoms with Gasteiger partial charge in [0.1, 0.15) is 12.4 Å².